The van der Waals surface area contributed by atoms with Crippen LogP contribution in [-0.4, -0.2) is 32.1 Å². The maximum absolute atomic E-state index is 3.65. The second-order valence-corrected chi connectivity index (χ2v) is 5.75. The Hall–Kier alpha value is -1.38. The van der Waals surface area contributed by atoms with Crippen molar-refractivity contribution in [3.63, 3.8) is 0 Å². The van der Waals surface area contributed by atoms with Crippen LogP contribution in [0, 0.1) is 0 Å². The van der Waals surface area contributed by atoms with Crippen LogP contribution in [0.2, 0.25) is 0 Å². The first kappa shape index (κ1) is 15.0. The molecule has 0 aliphatic heterocycles. The lowest BCUT2D eigenvalue weighted by atomic mass is 9.99. The Morgan fingerprint density at radius 1 is 1.00 bits per heavy atom. The number of nitrogens with zero attached hydrogens (tertiary/aromatic N) is 1. The summed E-state index contributed by atoms with van der Waals surface area (Å²) in [5.41, 5.74) is 1.40. The van der Waals surface area contributed by atoms with Gasteiger partial charge in [0, 0.05) is 6.04 Å². The maximum Gasteiger partial charge on any atom is 0.0297 e. The SMILES string of the molecule is CC(NCCCCN(C)C)c1cccc2ccccc12. The fourth-order valence-electron chi connectivity index (χ4n) is 2.61. The summed E-state index contributed by atoms with van der Waals surface area (Å²) >= 11 is 0. The molecule has 0 spiro atoms. The van der Waals surface area contributed by atoms with E-state index in [0.717, 1.165) is 6.54 Å². The van der Waals surface area contributed by atoms with Gasteiger partial charge in [0.15, 0.2) is 0 Å². The van der Waals surface area contributed by atoms with Crippen molar-refractivity contribution >= 4 is 10.8 Å². The van der Waals surface area contributed by atoms with Crippen molar-refractivity contribution in [2.75, 3.05) is 27.2 Å². The molecular formula is C18H26N2. The monoisotopic (exact) mass is 270 g/mol. The molecular weight excluding hydrogens is 244 g/mol. The quantitative estimate of drug-likeness (QED) is 0.769. The highest BCUT2D eigenvalue weighted by Gasteiger charge is 2.07. The van der Waals surface area contributed by atoms with E-state index in [2.05, 4.69) is 73.7 Å². The molecule has 0 bridgehead atoms. The summed E-state index contributed by atoms with van der Waals surface area (Å²) in [6, 6.07) is 15.6. The molecule has 1 atom stereocenters. The van der Waals surface area contributed by atoms with E-state index < -0.39 is 0 Å². The van der Waals surface area contributed by atoms with E-state index in [4.69, 9.17) is 0 Å². The van der Waals surface area contributed by atoms with Gasteiger partial charge in [-0.15, -0.1) is 0 Å². The van der Waals surface area contributed by atoms with Gasteiger partial charge >= 0.3 is 0 Å². The third-order valence-electron chi connectivity index (χ3n) is 3.77. The van der Waals surface area contributed by atoms with Crippen molar-refractivity contribution in [2.24, 2.45) is 0 Å². The van der Waals surface area contributed by atoms with Crippen LogP contribution in [-0.2, 0) is 0 Å². The van der Waals surface area contributed by atoms with Gasteiger partial charge in [-0.1, -0.05) is 42.5 Å². The zero-order valence-corrected chi connectivity index (χ0v) is 12.9. The van der Waals surface area contributed by atoms with E-state index in [9.17, 15) is 0 Å². The Morgan fingerprint density at radius 3 is 2.55 bits per heavy atom. The molecule has 108 valence electrons. The highest BCUT2D eigenvalue weighted by atomic mass is 15.0. The molecule has 2 rings (SSSR count). The van der Waals surface area contributed by atoms with Gasteiger partial charge in [0.05, 0.1) is 0 Å². The first-order chi connectivity index (χ1) is 9.68. The standard InChI is InChI=1S/C18H26N2/c1-15(19-13-6-7-14-20(2)3)17-12-8-10-16-9-4-5-11-18(16)17/h4-5,8-12,15,19H,6-7,13-14H2,1-3H3. The van der Waals surface area contributed by atoms with Crippen LogP contribution in [0.15, 0.2) is 42.5 Å². The molecule has 0 fully saturated rings. The van der Waals surface area contributed by atoms with Gasteiger partial charge in [0.25, 0.3) is 0 Å². The van der Waals surface area contributed by atoms with Crippen molar-refractivity contribution in [3.8, 4) is 0 Å². The molecule has 20 heavy (non-hydrogen) atoms. The van der Waals surface area contributed by atoms with Crippen molar-refractivity contribution in [1.82, 2.24) is 10.2 Å². The van der Waals surface area contributed by atoms with Crippen LogP contribution in [0.3, 0.4) is 0 Å². The molecule has 1 unspecified atom stereocenters. The van der Waals surface area contributed by atoms with E-state index in [1.165, 1.54) is 35.7 Å². The molecule has 0 aliphatic rings. The second kappa shape index (κ2) is 7.41. The average Bonchev–Trinajstić information content (AvgIpc) is 2.45. The average molecular weight is 270 g/mol. The summed E-state index contributed by atoms with van der Waals surface area (Å²) in [5, 5.41) is 6.34. The normalized spacial score (nSPS) is 13.0. The molecule has 2 nitrogen and oxygen atoms in total. The lowest BCUT2D eigenvalue weighted by molar-refractivity contribution is 0.389. The Labute approximate surface area is 122 Å². The highest BCUT2D eigenvalue weighted by Crippen LogP contribution is 2.23. The zero-order chi connectivity index (χ0) is 14.4. The minimum atomic E-state index is 0.403. The molecule has 0 saturated carbocycles. The van der Waals surface area contributed by atoms with Gasteiger partial charge in [-0.05, 0) is 63.3 Å². The van der Waals surface area contributed by atoms with Crippen molar-refractivity contribution in [2.45, 2.75) is 25.8 Å². The fourth-order valence-corrected chi connectivity index (χ4v) is 2.61. The van der Waals surface area contributed by atoms with E-state index >= 15 is 0 Å². The lowest BCUT2D eigenvalue weighted by Crippen LogP contribution is -2.21. The van der Waals surface area contributed by atoms with Crippen LogP contribution in [0.1, 0.15) is 31.4 Å². The van der Waals surface area contributed by atoms with Crippen LogP contribution in [0.4, 0.5) is 0 Å². The molecule has 2 aromatic carbocycles. The number of hydrogen-bond donors (Lipinski definition) is 1. The second-order valence-electron chi connectivity index (χ2n) is 5.75. The molecule has 0 saturated heterocycles. The van der Waals surface area contributed by atoms with Gasteiger partial charge in [-0.2, -0.15) is 0 Å². The first-order valence-electron chi connectivity index (χ1n) is 7.54. The predicted octanol–water partition coefficient (Wildman–Crippen LogP) is 3.83. The number of nitrogens with one attached hydrogen (secondary N) is 1. The molecule has 0 amide bonds. The summed E-state index contributed by atoms with van der Waals surface area (Å²) in [7, 11) is 4.26. The molecule has 0 aliphatic carbocycles. The predicted molar refractivity (Wildman–Crippen MR) is 88.2 cm³/mol. The molecule has 0 heterocycles. The Kier molecular flexibility index (Phi) is 5.57. The number of unbranched alkanes of at least 4 members (excludes halogenated alkanes) is 1. The van der Waals surface area contributed by atoms with Crippen molar-refractivity contribution in [3.05, 3.63) is 48.0 Å². The van der Waals surface area contributed by atoms with Gasteiger partial charge in [0.1, 0.15) is 0 Å². The largest absolute Gasteiger partial charge is 0.310 e. The van der Waals surface area contributed by atoms with Crippen molar-refractivity contribution in [1.29, 1.82) is 0 Å². The van der Waals surface area contributed by atoms with Gasteiger partial charge in [-0.3, -0.25) is 0 Å². The summed E-state index contributed by atoms with van der Waals surface area (Å²) in [6.07, 6.45) is 2.48. The van der Waals surface area contributed by atoms with Crippen LogP contribution in [0.5, 0.6) is 0 Å². The summed E-state index contributed by atoms with van der Waals surface area (Å²) in [4.78, 5) is 2.24. The Morgan fingerprint density at radius 2 is 1.75 bits per heavy atom. The topological polar surface area (TPSA) is 15.3 Å². The van der Waals surface area contributed by atoms with Gasteiger partial charge < -0.3 is 10.2 Å². The molecule has 2 heteroatoms. The minimum Gasteiger partial charge on any atom is -0.310 e. The van der Waals surface area contributed by atoms with E-state index in [1.54, 1.807) is 0 Å². The number of hydrogen-bond acceptors (Lipinski definition) is 2. The molecule has 1 N–H and O–H groups in total. The minimum absolute atomic E-state index is 0.403. The third kappa shape index (κ3) is 4.06. The smallest absolute Gasteiger partial charge is 0.0297 e. The number of fused-ring (bicyclic) bond motifs is 1. The summed E-state index contributed by atoms with van der Waals surface area (Å²) in [6.45, 7) is 4.51. The fraction of sp³-hybridized carbons (Fsp3) is 0.444. The van der Waals surface area contributed by atoms with Gasteiger partial charge in [0.2, 0.25) is 0 Å². The lowest BCUT2D eigenvalue weighted by Gasteiger charge is -2.17. The summed E-state index contributed by atoms with van der Waals surface area (Å²) < 4.78 is 0. The van der Waals surface area contributed by atoms with E-state index in [0.29, 0.717) is 6.04 Å². The van der Waals surface area contributed by atoms with Crippen LogP contribution >= 0.6 is 0 Å². The zero-order valence-electron chi connectivity index (χ0n) is 12.9. The van der Waals surface area contributed by atoms with Crippen LogP contribution in [0.25, 0.3) is 10.8 Å². The maximum atomic E-state index is 3.65. The number of rotatable bonds is 7. The number of benzene rings is 2. The van der Waals surface area contributed by atoms with Gasteiger partial charge in [-0.25, -0.2) is 0 Å². The van der Waals surface area contributed by atoms with Crippen molar-refractivity contribution < 1.29 is 0 Å². The Balaban J connectivity index is 1.92. The molecule has 2 aromatic rings. The molecule has 0 radical (unpaired) electrons. The third-order valence-corrected chi connectivity index (χ3v) is 3.77. The molecule has 0 aromatic heterocycles. The Bertz CT molecular complexity index is 528. The van der Waals surface area contributed by atoms with E-state index in [1.807, 2.05) is 0 Å². The highest BCUT2D eigenvalue weighted by molar-refractivity contribution is 5.86. The first-order valence-corrected chi connectivity index (χ1v) is 7.54. The van der Waals surface area contributed by atoms with E-state index in [-0.39, 0.29) is 0 Å². The summed E-state index contributed by atoms with van der Waals surface area (Å²) in [5.74, 6) is 0. The van der Waals surface area contributed by atoms with Crippen LogP contribution < -0.4 is 5.32 Å².